The molecule has 1 saturated heterocycles. The van der Waals surface area contributed by atoms with E-state index in [1.165, 1.54) is 24.3 Å². The number of allylic oxidation sites excluding steroid dienone is 1. The molecule has 0 spiro atoms. The number of nitro benzene ring substituents is 1. The van der Waals surface area contributed by atoms with E-state index in [0.717, 1.165) is 49.7 Å². The molecular formula is C42H55N3O11. The normalized spacial score (nSPS) is 27.3. The number of phenolic OH excluding ortho intramolecular Hbond substituents is 1. The summed E-state index contributed by atoms with van der Waals surface area (Å²) >= 11 is 0. The second-order valence-corrected chi connectivity index (χ2v) is 15.0. The number of hydrogen-bond acceptors (Lipinski definition) is 12. The molecule has 4 aliphatic rings. The van der Waals surface area contributed by atoms with Crippen LogP contribution in [0.25, 0.3) is 0 Å². The number of benzene rings is 2. The number of ether oxygens (including phenoxy) is 4. The third-order valence-corrected chi connectivity index (χ3v) is 11.4. The van der Waals surface area contributed by atoms with Crippen molar-refractivity contribution in [3.05, 3.63) is 82.4 Å². The van der Waals surface area contributed by atoms with Gasteiger partial charge in [0.1, 0.15) is 23.3 Å². The Bertz CT molecular complexity index is 1730. The second-order valence-electron chi connectivity index (χ2n) is 15.0. The van der Waals surface area contributed by atoms with Crippen LogP contribution >= 0.6 is 0 Å². The Hall–Kier alpha value is -4.50. The molecule has 3 N–H and O–H groups in total. The molecule has 14 heteroatoms. The summed E-state index contributed by atoms with van der Waals surface area (Å²) in [5, 5.41) is 46.7. The van der Waals surface area contributed by atoms with Crippen molar-refractivity contribution in [2.75, 3.05) is 33.0 Å². The van der Waals surface area contributed by atoms with E-state index in [4.69, 9.17) is 28.9 Å². The van der Waals surface area contributed by atoms with E-state index in [0.29, 0.717) is 43.8 Å². The molecule has 2 aromatic carbocycles. The van der Waals surface area contributed by atoms with Gasteiger partial charge in [0.15, 0.2) is 0 Å². The van der Waals surface area contributed by atoms with E-state index >= 15 is 0 Å². The average Bonchev–Trinajstić information content (AvgIpc) is 3.20. The van der Waals surface area contributed by atoms with Crippen LogP contribution in [0.5, 0.6) is 17.2 Å². The summed E-state index contributed by atoms with van der Waals surface area (Å²) in [5.74, 6) is -1.55. The van der Waals surface area contributed by atoms with E-state index in [2.05, 4.69) is 12.7 Å². The SMILES string of the molecule is C=CCOC12Oc3ccc(O)cc3C3C(CCCCO)C(CCCCO)C=C(C(=NOC4CCCCO4)CC1N(CCC)C(=O)Oc1ccc([N+](=O)[O-])cc1)C32. The first kappa shape index (κ1) is 41.1. The summed E-state index contributed by atoms with van der Waals surface area (Å²) in [6.07, 6.45) is 10.4. The van der Waals surface area contributed by atoms with E-state index in [-0.39, 0.29) is 67.7 Å². The largest absolute Gasteiger partial charge is 0.508 e. The molecule has 0 radical (unpaired) electrons. The lowest BCUT2D eigenvalue weighted by molar-refractivity contribution is -0.384. The molecule has 0 bridgehead atoms. The van der Waals surface area contributed by atoms with Crippen molar-refractivity contribution in [1.29, 1.82) is 0 Å². The zero-order chi connectivity index (χ0) is 39.7. The summed E-state index contributed by atoms with van der Waals surface area (Å²) in [5.41, 5.74) is 2.17. The van der Waals surface area contributed by atoms with Gasteiger partial charge in [0.25, 0.3) is 5.69 Å². The van der Waals surface area contributed by atoms with Crippen LogP contribution in [0.15, 0.2) is 71.9 Å². The number of nitro groups is 1. The molecule has 56 heavy (non-hydrogen) atoms. The average molecular weight is 778 g/mol. The third kappa shape index (κ3) is 8.88. The van der Waals surface area contributed by atoms with Gasteiger partial charge in [-0.05, 0) is 92.7 Å². The lowest BCUT2D eigenvalue weighted by Gasteiger charge is -2.59. The van der Waals surface area contributed by atoms with Crippen LogP contribution in [-0.2, 0) is 14.3 Å². The number of unbranched alkanes of at least 4 members (excludes halogenated alkanes) is 2. The quantitative estimate of drug-likeness (QED) is 0.0595. The highest BCUT2D eigenvalue weighted by Crippen LogP contribution is 2.62. The highest BCUT2D eigenvalue weighted by atomic mass is 16.8. The van der Waals surface area contributed by atoms with E-state index in [1.807, 2.05) is 6.92 Å². The number of aliphatic hydroxyl groups is 2. The maximum atomic E-state index is 14.5. The van der Waals surface area contributed by atoms with Crippen LogP contribution in [0, 0.1) is 27.9 Å². The predicted octanol–water partition coefficient (Wildman–Crippen LogP) is 7.37. The molecule has 6 rings (SSSR count). The first-order valence-electron chi connectivity index (χ1n) is 20.0. The first-order valence-corrected chi connectivity index (χ1v) is 20.0. The number of aliphatic hydroxyl groups excluding tert-OH is 2. The number of rotatable bonds is 18. The van der Waals surface area contributed by atoms with Crippen LogP contribution in [0.2, 0.25) is 0 Å². The molecule has 1 saturated carbocycles. The zero-order valence-electron chi connectivity index (χ0n) is 32.1. The fourth-order valence-electron chi connectivity index (χ4n) is 8.98. The van der Waals surface area contributed by atoms with Crippen LogP contribution in [0.3, 0.4) is 0 Å². The minimum Gasteiger partial charge on any atom is -0.508 e. The van der Waals surface area contributed by atoms with Crippen molar-refractivity contribution in [3.63, 3.8) is 0 Å². The maximum Gasteiger partial charge on any atom is 0.415 e. The van der Waals surface area contributed by atoms with E-state index in [9.17, 15) is 30.2 Å². The summed E-state index contributed by atoms with van der Waals surface area (Å²) < 4.78 is 25.9. The minimum atomic E-state index is -1.50. The van der Waals surface area contributed by atoms with Crippen molar-refractivity contribution in [3.8, 4) is 17.2 Å². The second kappa shape index (κ2) is 19.1. The Kier molecular flexibility index (Phi) is 14.0. The summed E-state index contributed by atoms with van der Waals surface area (Å²) in [6.45, 7) is 6.96. The Morgan fingerprint density at radius 1 is 1.11 bits per heavy atom. The molecule has 14 nitrogen and oxygen atoms in total. The van der Waals surface area contributed by atoms with Gasteiger partial charge in [-0.3, -0.25) is 15.0 Å². The molecular weight excluding hydrogens is 722 g/mol. The number of aromatic hydroxyl groups is 1. The van der Waals surface area contributed by atoms with E-state index < -0.39 is 35.1 Å². The van der Waals surface area contributed by atoms with Crippen LogP contribution in [0.1, 0.15) is 89.0 Å². The first-order chi connectivity index (χ1) is 27.2. The predicted molar refractivity (Wildman–Crippen MR) is 207 cm³/mol. The Balaban J connectivity index is 1.53. The molecule has 2 aromatic rings. The monoisotopic (exact) mass is 777 g/mol. The fraction of sp³-hybridized carbons (Fsp3) is 0.571. The van der Waals surface area contributed by atoms with Crippen LogP contribution in [0.4, 0.5) is 10.5 Å². The lowest BCUT2D eigenvalue weighted by Crippen LogP contribution is -2.70. The molecule has 304 valence electrons. The van der Waals surface area contributed by atoms with Crippen molar-refractivity contribution < 1.29 is 48.8 Å². The van der Waals surface area contributed by atoms with E-state index in [1.54, 1.807) is 29.2 Å². The summed E-state index contributed by atoms with van der Waals surface area (Å²) in [7, 11) is 0. The number of carbonyl (C=O) groups excluding carboxylic acids is 1. The standard InChI is InChI=1S/C42H55N3O11/c1-3-20-44(41(49)54-31-17-14-29(15-18-31)45(50)51)37-27-35(43-56-38-13-7-10-24-52-38)33-25-28(11-5-8-21-46)32(12-6-9-22-47)39-34-26-30(48)16-19-36(34)55-42(37,40(33)39)53-23-4-2/h4,14-19,25-26,28,32,37-40,46-48H,2-3,5-13,20-24,27H2,1H3. The zero-order valence-corrected chi connectivity index (χ0v) is 32.1. The number of carbonyl (C=O) groups is 1. The van der Waals surface area contributed by atoms with Gasteiger partial charge in [0.2, 0.25) is 12.1 Å². The topological polar surface area (TPSA) is 183 Å². The van der Waals surface area contributed by atoms with Gasteiger partial charge in [-0.1, -0.05) is 37.1 Å². The number of oxime groups is 1. The van der Waals surface area contributed by atoms with Gasteiger partial charge in [-0.2, -0.15) is 0 Å². The van der Waals surface area contributed by atoms with Gasteiger partial charge in [-0.25, -0.2) is 4.79 Å². The fourth-order valence-corrected chi connectivity index (χ4v) is 8.98. The molecule has 2 heterocycles. The molecule has 2 fully saturated rings. The van der Waals surface area contributed by atoms with Crippen molar-refractivity contribution in [2.45, 2.75) is 102 Å². The number of amides is 1. The number of nitrogens with zero attached hydrogens (tertiary/aromatic N) is 3. The van der Waals surface area contributed by atoms with Gasteiger partial charge >= 0.3 is 6.09 Å². The number of fused-ring (bicyclic) bond motifs is 2. The lowest BCUT2D eigenvalue weighted by atomic mass is 9.55. The highest BCUT2D eigenvalue weighted by molar-refractivity contribution is 6.03. The third-order valence-electron chi connectivity index (χ3n) is 11.4. The molecule has 0 aromatic heterocycles. The number of phenols is 1. The Labute approximate surface area is 327 Å². The number of non-ortho nitro benzene ring substituents is 1. The summed E-state index contributed by atoms with van der Waals surface area (Å²) in [6, 6.07) is 9.60. The van der Waals surface area contributed by atoms with Crippen molar-refractivity contribution >= 4 is 17.5 Å². The minimum absolute atomic E-state index is 0.000527. The Morgan fingerprint density at radius 2 is 1.88 bits per heavy atom. The highest BCUT2D eigenvalue weighted by Gasteiger charge is 2.65. The molecule has 7 unspecified atom stereocenters. The molecule has 1 amide bonds. The number of hydrogen-bond donors (Lipinski definition) is 3. The van der Waals surface area contributed by atoms with Crippen LogP contribution < -0.4 is 9.47 Å². The van der Waals surface area contributed by atoms with Crippen molar-refractivity contribution in [2.24, 2.45) is 22.9 Å². The van der Waals surface area contributed by atoms with Gasteiger partial charge < -0.3 is 39.1 Å². The van der Waals surface area contributed by atoms with Crippen LogP contribution in [-0.4, -0.2) is 88.0 Å². The molecule has 2 aliphatic carbocycles. The smallest absolute Gasteiger partial charge is 0.415 e. The molecule has 2 aliphatic heterocycles. The van der Waals surface area contributed by atoms with Gasteiger partial charge in [-0.15, -0.1) is 6.58 Å². The molecule has 7 atom stereocenters. The Morgan fingerprint density at radius 3 is 2.55 bits per heavy atom. The van der Waals surface area contributed by atoms with Crippen molar-refractivity contribution in [1.82, 2.24) is 4.90 Å². The summed E-state index contributed by atoms with van der Waals surface area (Å²) in [4.78, 5) is 33.0. The maximum absolute atomic E-state index is 14.5. The van der Waals surface area contributed by atoms with Gasteiger partial charge in [0.05, 0.1) is 29.8 Å². The van der Waals surface area contributed by atoms with Gasteiger partial charge in [0, 0.05) is 56.2 Å².